The summed E-state index contributed by atoms with van der Waals surface area (Å²) in [7, 11) is 1.21. The highest BCUT2D eigenvalue weighted by Crippen LogP contribution is 2.21. The van der Waals surface area contributed by atoms with E-state index in [0.29, 0.717) is 19.5 Å². The van der Waals surface area contributed by atoms with Crippen LogP contribution in [-0.2, 0) is 14.3 Å². The Kier molecular flexibility index (Phi) is 4.83. The lowest BCUT2D eigenvalue weighted by molar-refractivity contribution is -0.136. The van der Waals surface area contributed by atoms with Gasteiger partial charge in [-0.05, 0) is 27.2 Å². The Morgan fingerprint density at radius 2 is 1.85 bits per heavy atom. The predicted molar refractivity (Wildman–Crippen MR) is 71.7 cm³/mol. The number of carbonyl (C=O) groups is 2. The number of hydrogen-bond donors (Lipinski definition) is 2. The molecule has 0 spiro atoms. The van der Waals surface area contributed by atoms with Gasteiger partial charge in [0.1, 0.15) is 5.60 Å². The van der Waals surface area contributed by atoms with Crippen molar-refractivity contribution < 1.29 is 19.1 Å². The minimum atomic E-state index is -0.745. The second kappa shape index (κ2) is 6.00. The first-order valence-electron chi connectivity index (χ1n) is 6.28. The van der Waals surface area contributed by atoms with E-state index in [2.05, 4.69) is 4.74 Å². The lowest BCUT2D eigenvalue weighted by atomic mass is 10.2. The average Bonchev–Trinajstić information content (AvgIpc) is 2.34. The summed E-state index contributed by atoms with van der Waals surface area (Å²) in [5.41, 5.74) is 4.84. The molecular formula is C12H22N4O4. The van der Waals surface area contributed by atoms with Gasteiger partial charge in [0, 0.05) is 13.1 Å². The van der Waals surface area contributed by atoms with Crippen LogP contribution in [0.1, 0.15) is 27.2 Å². The number of carbonyl (C=O) groups excluding carboxylic acids is 2. The Morgan fingerprint density at radius 1 is 1.25 bits per heavy atom. The average molecular weight is 286 g/mol. The molecular weight excluding hydrogens is 264 g/mol. The van der Waals surface area contributed by atoms with Gasteiger partial charge < -0.3 is 15.2 Å². The van der Waals surface area contributed by atoms with Crippen molar-refractivity contribution in [1.82, 2.24) is 9.91 Å². The summed E-state index contributed by atoms with van der Waals surface area (Å²) in [6.07, 6.45) is 0.0442. The van der Waals surface area contributed by atoms with Gasteiger partial charge in [0.15, 0.2) is 11.5 Å². The highest BCUT2D eigenvalue weighted by Gasteiger charge is 2.33. The molecule has 1 saturated heterocycles. The number of amides is 1. The van der Waals surface area contributed by atoms with Crippen LogP contribution in [0, 0.1) is 0 Å². The summed E-state index contributed by atoms with van der Waals surface area (Å²) in [5, 5.41) is 1.25. The lowest BCUT2D eigenvalue weighted by Crippen LogP contribution is -2.51. The van der Waals surface area contributed by atoms with Crippen molar-refractivity contribution in [3.05, 3.63) is 11.5 Å². The molecule has 114 valence electrons. The maximum atomic E-state index is 12.2. The van der Waals surface area contributed by atoms with Crippen molar-refractivity contribution in [2.45, 2.75) is 32.8 Å². The highest BCUT2D eigenvalue weighted by atomic mass is 16.6. The van der Waals surface area contributed by atoms with Crippen LogP contribution < -0.4 is 11.6 Å². The quantitative estimate of drug-likeness (QED) is 0.399. The van der Waals surface area contributed by atoms with Crippen molar-refractivity contribution in [2.24, 2.45) is 11.6 Å². The smallest absolute Gasteiger partial charge is 0.416 e. The summed E-state index contributed by atoms with van der Waals surface area (Å²) in [6.45, 7) is 6.11. The summed E-state index contributed by atoms with van der Waals surface area (Å²) in [6, 6.07) is 0. The zero-order valence-electron chi connectivity index (χ0n) is 12.3. The van der Waals surface area contributed by atoms with Crippen LogP contribution in [0.25, 0.3) is 0 Å². The third kappa shape index (κ3) is 3.77. The normalized spacial score (nSPS) is 18.6. The molecule has 1 rings (SSSR count). The molecule has 0 aliphatic carbocycles. The number of rotatable bonds is 1. The van der Waals surface area contributed by atoms with E-state index < -0.39 is 17.7 Å². The Hall–Kier alpha value is -1.96. The monoisotopic (exact) mass is 286 g/mol. The number of nitrogens with zero attached hydrogens (tertiary/aromatic N) is 2. The molecule has 8 nitrogen and oxygen atoms in total. The van der Waals surface area contributed by atoms with Crippen LogP contribution >= 0.6 is 0 Å². The Morgan fingerprint density at radius 3 is 2.35 bits per heavy atom. The topological polar surface area (TPSA) is 111 Å². The summed E-state index contributed by atoms with van der Waals surface area (Å²) in [4.78, 5) is 25.0. The third-order valence-electron chi connectivity index (χ3n) is 2.57. The summed E-state index contributed by atoms with van der Waals surface area (Å²) in [5.74, 6) is 5.17. The third-order valence-corrected chi connectivity index (χ3v) is 2.57. The molecule has 0 saturated carbocycles. The SMILES string of the molecule is COC(=O)/C(N)=C1/N(N)CCCN1C(=O)OC(C)(C)C. The van der Waals surface area contributed by atoms with Gasteiger partial charge in [-0.3, -0.25) is 9.91 Å². The molecule has 1 fully saturated rings. The van der Waals surface area contributed by atoms with Crippen molar-refractivity contribution >= 4 is 12.1 Å². The number of ether oxygens (including phenoxy) is 2. The predicted octanol–water partition coefficient (Wildman–Crippen LogP) is 0.104. The lowest BCUT2D eigenvalue weighted by Gasteiger charge is -2.37. The van der Waals surface area contributed by atoms with E-state index >= 15 is 0 Å². The molecule has 0 atom stereocenters. The standard InChI is InChI=1S/C12H22N4O4/c1-12(2,3)20-11(18)15-6-5-7-16(14)9(15)8(13)10(17)19-4/h5-7,13-14H2,1-4H3/b9-8-. The molecule has 1 amide bonds. The Bertz CT molecular complexity index is 428. The fraction of sp³-hybridized carbons (Fsp3) is 0.667. The summed E-state index contributed by atoms with van der Waals surface area (Å²) < 4.78 is 9.84. The fourth-order valence-electron chi connectivity index (χ4n) is 1.76. The van der Waals surface area contributed by atoms with Crippen LogP contribution in [0.2, 0.25) is 0 Å². The molecule has 0 aromatic rings. The zero-order valence-corrected chi connectivity index (χ0v) is 12.3. The molecule has 0 aromatic carbocycles. The molecule has 1 aliphatic heterocycles. The van der Waals surface area contributed by atoms with Crippen LogP contribution in [0.5, 0.6) is 0 Å². The van der Waals surface area contributed by atoms with E-state index in [9.17, 15) is 9.59 Å². The van der Waals surface area contributed by atoms with Crippen LogP contribution in [0.3, 0.4) is 0 Å². The number of hydrogen-bond acceptors (Lipinski definition) is 7. The second-order valence-corrected chi connectivity index (χ2v) is 5.41. The highest BCUT2D eigenvalue weighted by molar-refractivity contribution is 5.89. The van der Waals surface area contributed by atoms with Crippen molar-refractivity contribution in [3.8, 4) is 0 Å². The van der Waals surface area contributed by atoms with E-state index in [4.69, 9.17) is 16.3 Å². The number of hydrazine groups is 1. The molecule has 0 radical (unpaired) electrons. The molecule has 8 heteroatoms. The summed E-state index contributed by atoms with van der Waals surface area (Å²) >= 11 is 0. The molecule has 0 unspecified atom stereocenters. The van der Waals surface area contributed by atoms with Gasteiger partial charge >= 0.3 is 12.1 Å². The van der Waals surface area contributed by atoms with Gasteiger partial charge in [-0.25, -0.2) is 15.4 Å². The van der Waals surface area contributed by atoms with E-state index in [-0.39, 0.29) is 11.5 Å². The molecule has 1 aliphatic rings. The van der Waals surface area contributed by atoms with Crippen molar-refractivity contribution in [3.63, 3.8) is 0 Å². The van der Waals surface area contributed by atoms with Crippen LogP contribution in [0.15, 0.2) is 11.5 Å². The first kappa shape index (κ1) is 16.1. The maximum Gasteiger partial charge on any atom is 0.416 e. The molecule has 4 N–H and O–H groups in total. The number of esters is 1. The number of methoxy groups -OCH3 is 1. The first-order valence-corrected chi connectivity index (χ1v) is 6.28. The van der Waals surface area contributed by atoms with Crippen LogP contribution in [0.4, 0.5) is 4.79 Å². The van der Waals surface area contributed by atoms with Gasteiger partial charge in [0.2, 0.25) is 0 Å². The van der Waals surface area contributed by atoms with Gasteiger partial charge in [0.05, 0.1) is 7.11 Å². The molecule has 1 heterocycles. The first-order chi connectivity index (χ1) is 9.17. The van der Waals surface area contributed by atoms with Gasteiger partial charge in [-0.15, -0.1) is 0 Å². The largest absolute Gasteiger partial charge is 0.464 e. The van der Waals surface area contributed by atoms with Crippen molar-refractivity contribution in [1.29, 1.82) is 0 Å². The maximum absolute atomic E-state index is 12.2. The van der Waals surface area contributed by atoms with Crippen LogP contribution in [-0.4, -0.2) is 47.8 Å². The fourth-order valence-corrected chi connectivity index (χ4v) is 1.76. The minimum absolute atomic E-state index is 0.109. The van der Waals surface area contributed by atoms with E-state index in [1.807, 2.05) is 0 Å². The van der Waals surface area contributed by atoms with Gasteiger partial charge in [-0.1, -0.05) is 0 Å². The zero-order chi connectivity index (χ0) is 15.5. The Labute approximate surface area is 118 Å². The minimum Gasteiger partial charge on any atom is -0.464 e. The Balaban J connectivity index is 3.08. The van der Waals surface area contributed by atoms with Gasteiger partial charge in [0.25, 0.3) is 0 Å². The molecule has 0 bridgehead atoms. The second-order valence-electron chi connectivity index (χ2n) is 5.41. The number of nitrogens with two attached hydrogens (primary N) is 2. The molecule has 20 heavy (non-hydrogen) atoms. The van der Waals surface area contributed by atoms with E-state index in [1.165, 1.54) is 17.0 Å². The van der Waals surface area contributed by atoms with E-state index in [1.54, 1.807) is 20.8 Å². The molecule has 0 aromatic heterocycles. The van der Waals surface area contributed by atoms with Crippen molar-refractivity contribution in [2.75, 3.05) is 20.2 Å². The van der Waals surface area contributed by atoms with Gasteiger partial charge in [-0.2, -0.15) is 0 Å². The van der Waals surface area contributed by atoms with E-state index in [0.717, 1.165) is 0 Å².